The molecular weight excluding hydrogens is 739 g/mol. The van der Waals surface area contributed by atoms with Crippen LogP contribution >= 0.6 is 0 Å². The quantitative estimate of drug-likeness (QED) is 0.0666. The summed E-state index contributed by atoms with van der Waals surface area (Å²) in [5, 5.41) is 27.1. The third kappa shape index (κ3) is 9.41. The van der Waals surface area contributed by atoms with Crippen molar-refractivity contribution in [1.29, 1.82) is 0 Å². The van der Waals surface area contributed by atoms with Crippen molar-refractivity contribution in [2.45, 2.75) is 75.7 Å². The number of rotatable bonds is 19. The Labute approximate surface area is 341 Å². The Kier molecular flexibility index (Phi) is 14.6. The minimum Gasteiger partial charge on any atom is -0.497 e. The maximum Gasteiger partial charge on any atom is 0.412 e. The van der Waals surface area contributed by atoms with Gasteiger partial charge in [0.2, 0.25) is 11.7 Å². The maximum atomic E-state index is 14.4. The molecule has 2 aliphatic carbocycles. The summed E-state index contributed by atoms with van der Waals surface area (Å²) in [6.45, 7) is 4.61. The molecule has 1 fully saturated rings. The number of hydrogen-bond donors (Lipinski definition) is 3. The number of aliphatic hydroxyl groups excluding tert-OH is 2. The Morgan fingerprint density at radius 3 is 2.45 bits per heavy atom. The van der Waals surface area contributed by atoms with Gasteiger partial charge in [-0.3, -0.25) is 4.79 Å². The Hall–Kier alpha value is -5.17. The lowest BCUT2D eigenvalue weighted by Gasteiger charge is -2.59. The first-order valence-electron chi connectivity index (χ1n) is 20.3. The normalized spacial score (nSPS) is 23.7. The van der Waals surface area contributed by atoms with Gasteiger partial charge in [0.05, 0.1) is 31.8 Å². The van der Waals surface area contributed by atoms with Crippen LogP contribution in [0.5, 0.6) is 17.2 Å². The molecular formula is C46H57N3O9. The lowest BCUT2D eigenvalue weighted by molar-refractivity contribution is -0.255. The third-order valence-corrected chi connectivity index (χ3v) is 11.7. The highest BCUT2D eigenvalue weighted by Crippen LogP contribution is 2.61. The highest BCUT2D eigenvalue weighted by atomic mass is 16.7. The number of aliphatic hydroxyl groups is 2. The summed E-state index contributed by atoms with van der Waals surface area (Å²) in [6, 6.07) is 21.9. The molecule has 0 radical (unpaired) electrons. The van der Waals surface area contributed by atoms with E-state index in [1.165, 1.54) is 7.11 Å². The zero-order valence-electron chi connectivity index (χ0n) is 33.8. The maximum absolute atomic E-state index is 14.4. The van der Waals surface area contributed by atoms with Gasteiger partial charge < -0.3 is 44.2 Å². The van der Waals surface area contributed by atoms with Crippen molar-refractivity contribution in [3.63, 3.8) is 0 Å². The predicted molar refractivity (Wildman–Crippen MR) is 221 cm³/mol. The van der Waals surface area contributed by atoms with Gasteiger partial charge in [-0.05, 0) is 84.6 Å². The van der Waals surface area contributed by atoms with E-state index < -0.39 is 23.8 Å². The fourth-order valence-electron chi connectivity index (χ4n) is 9.07. The van der Waals surface area contributed by atoms with Crippen LogP contribution in [0.25, 0.3) is 0 Å². The number of likely N-dealkylation sites (N-methyl/N-ethyl adjacent to an activating group) is 1. The zero-order chi connectivity index (χ0) is 41.1. The molecule has 0 saturated heterocycles. The second-order valence-corrected chi connectivity index (χ2v) is 15.2. The van der Waals surface area contributed by atoms with Gasteiger partial charge in [0, 0.05) is 44.7 Å². The average molecular weight is 796 g/mol. The van der Waals surface area contributed by atoms with Gasteiger partial charge in [-0.15, -0.1) is 6.58 Å². The molecule has 3 aliphatic rings. The van der Waals surface area contributed by atoms with Crippen molar-refractivity contribution >= 4 is 17.7 Å². The molecule has 310 valence electrons. The molecule has 3 aromatic carbocycles. The molecule has 2 amide bonds. The van der Waals surface area contributed by atoms with E-state index in [2.05, 4.69) is 23.1 Å². The molecule has 0 unspecified atom stereocenters. The van der Waals surface area contributed by atoms with E-state index in [0.717, 1.165) is 47.9 Å². The van der Waals surface area contributed by atoms with Gasteiger partial charge in [-0.25, -0.2) is 4.79 Å². The van der Waals surface area contributed by atoms with E-state index in [0.29, 0.717) is 42.3 Å². The van der Waals surface area contributed by atoms with Crippen molar-refractivity contribution in [2.24, 2.45) is 22.9 Å². The largest absolute Gasteiger partial charge is 0.497 e. The topological polar surface area (TPSA) is 148 Å². The fraction of sp³-hybridized carbons (Fsp3) is 0.457. The number of ether oxygens (including phenoxy) is 4. The van der Waals surface area contributed by atoms with Crippen molar-refractivity contribution in [1.82, 2.24) is 10.2 Å². The van der Waals surface area contributed by atoms with Gasteiger partial charge in [0.25, 0.3) is 0 Å². The minimum absolute atomic E-state index is 0.0239. The number of fused-ring (bicyclic) bond motifs is 2. The summed E-state index contributed by atoms with van der Waals surface area (Å²) in [5.74, 6) is -0.583. The Bertz CT molecular complexity index is 1930. The first kappa shape index (κ1) is 42.4. The molecule has 3 N–H and O–H groups in total. The summed E-state index contributed by atoms with van der Waals surface area (Å²) in [7, 11) is 4.90. The van der Waals surface area contributed by atoms with Crippen LogP contribution in [0, 0.1) is 17.8 Å². The van der Waals surface area contributed by atoms with E-state index in [1.807, 2.05) is 66.7 Å². The van der Waals surface area contributed by atoms with Crippen molar-refractivity contribution in [3.8, 4) is 17.2 Å². The number of amides is 2. The van der Waals surface area contributed by atoms with Crippen LogP contribution in [0.15, 0.2) is 102 Å². The molecule has 1 aliphatic heterocycles. The highest BCUT2D eigenvalue weighted by molar-refractivity contribution is 6.03. The number of nitrogens with one attached hydrogen (secondary N) is 1. The molecule has 12 heteroatoms. The molecule has 0 spiro atoms. The van der Waals surface area contributed by atoms with E-state index in [9.17, 15) is 19.8 Å². The van der Waals surface area contributed by atoms with Crippen LogP contribution < -0.4 is 19.5 Å². The number of carbonyl (C=O) groups is 2. The van der Waals surface area contributed by atoms with E-state index >= 15 is 0 Å². The SMILES string of the molecule is C=CCO[C@@]12Oc3ccc(OC(=O)NCc4ccccc4)cc3[C@H]3[C@H](CCCCO)[C@@H](CCCCO)C=C(C(=NOC)C[C@@H]1N(C)C(=O)Cc1cccc(OC)c1)[C@H]32. The van der Waals surface area contributed by atoms with E-state index in [4.69, 9.17) is 23.8 Å². The van der Waals surface area contributed by atoms with Gasteiger partial charge in [0.1, 0.15) is 30.4 Å². The Morgan fingerprint density at radius 2 is 1.72 bits per heavy atom. The molecule has 12 nitrogen and oxygen atoms in total. The minimum atomic E-state index is -1.38. The number of benzene rings is 3. The highest BCUT2D eigenvalue weighted by Gasteiger charge is 2.65. The van der Waals surface area contributed by atoms with Crippen molar-refractivity contribution in [2.75, 3.05) is 41.1 Å². The molecule has 0 aromatic heterocycles. The van der Waals surface area contributed by atoms with Crippen molar-refractivity contribution in [3.05, 3.63) is 114 Å². The van der Waals surface area contributed by atoms with Gasteiger partial charge in [0.15, 0.2) is 0 Å². The first-order valence-corrected chi connectivity index (χ1v) is 20.3. The number of hydrogen-bond acceptors (Lipinski definition) is 10. The predicted octanol–water partition coefficient (Wildman–Crippen LogP) is 6.95. The Morgan fingerprint density at radius 1 is 0.966 bits per heavy atom. The lowest BCUT2D eigenvalue weighted by Crippen LogP contribution is -2.69. The average Bonchev–Trinajstić information content (AvgIpc) is 3.24. The number of carbonyl (C=O) groups excluding carboxylic acids is 2. The smallest absolute Gasteiger partial charge is 0.412 e. The molecule has 1 heterocycles. The van der Waals surface area contributed by atoms with Crippen LogP contribution in [0.2, 0.25) is 0 Å². The third-order valence-electron chi connectivity index (χ3n) is 11.7. The standard InChI is InChI=1S/C46H57N3O9/c1-5-24-56-46-41(49(2)42(52)26-32-16-13-18-34(25-32)54-3)29-39(48-55-4)37-27-33(17-9-11-22-50)36(19-10-12-23-51)43(44(37)46)38-28-35(20-21-40(38)58-46)57-45(53)47-30-31-14-7-6-8-15-31/h5-8,13-16,18,20-21,25,27-28,33,36,41,43-44,50-51H,1,9-12,17,19,22-24,26,29-30H2,2-4H3,(H,47,53)/t33-,36+,41-,43+,44+,46+/m0/s1. The summed E-state index contributed by atoms with van der Waals surface area (Å²) in [5.41, 5.74) is 4.22. The van der Waals surface area contributed by atoms with Crippen LogP contribution in [0.3, 0.4) is 0 Å². The summed E-state index contributed by atoms with van der Waals surface area (Å²) < 4.78 is 25.5. The van der Waals surface area contributed by atoms with Crippen LogP contribution in [0.1, 0.15) is 67.6 Å². The molecule has 6 rings (SSSR count). The number of oxime groups is 1. The van der Waals surface area contributed by atoms with E-state index in [-0.39, 0.29) is 56.3 Å². The number of allylic oxidation sites excluding steroid dienone is 1. The summed E-state index contributed by atoms with van der Waals surface area (Å²) in [6.07, 6.45) is 8.28. The van der Waals surface area contributed by atoms with Gasteiger partial charge in [-0.2, -0.15) is 0 Å². The molecule has 0 bridgehead atoms. The van der Waals surface area contributed by atoms with Gasteiger partial charge >= 0.3 is 6.09 Å². The lowest BCUT2D eigenvalue weighted by atomic mass is 9.55. The summed E-state index contributed by atoms with van der Waals surface area (Å²) in [4.78, 5) is 34.7. The van der Waals surface area contributed by atoms with Crippen LogP contribution in [-0.4, -0.2) is 85.7 Å². The molecule has 1 saturated carbocycles. The second-order valence-electron chi connectivity index (χ2n) is 15.2. The molecule has 58 heavy (non-hydrogen) atoms. The Balaban J connectivity index is 1.47. The summed E-state index contributed by atoms with van der Waals surface area (Å²) >= 11 is 0. The van der Waals surface area contributed by atoms with Gasteiger partial charge in [-0.1, -0.05) is 72.6 Å². The second kappa shape index (κ2) is 20.0. The van der Waals surface area contributed by atoms with E-state index in [1.54, 1.807) is 31.2 Å². The van der Waals surface area contributed by atoms with Crippen LogP contribution in [-0.2, 0) is 27.3 Å². The first-order chi connectivity index (χ1) is 28.3. The number of unbranched alkanes of at least 4 members (excludes halogenated alkanes) is 2. The van der Waals surface area contributed by atoms with Crippen LogP contribution in [0.4, 0.5) is 4.79 Å². The number of methoxy groups -OCH3 is 1. The molecule has 3 aromatic rings. The zero-order valence-corrected chi connectivity index (χ0v) is 33.8. The fourth-order valence-corrected chi connectivity index (χ4v) is 9.07. The number of nitrogens with zero attached hydrogens (tertiary/aromatic N) is 2. The monoisotopic (exact) mass is 795 g/mol. The molecule has 6 atom stereocenters. The van der Waals surface area contributed by atoms with Crippen molar-refractivity contribution < 1.29 is 43.6 Å².